The number of fused-ring (bicyclic) bond motifs is 2. The summed E-state index contributed by atoms with van der Waals surface area (Å²) in [6.45, 7) is 19.5. The lowest BCUT2D eigenvalue weighted by molar-refractivity contribution is -0.135. The third-order valence-corrected chi connectivity index (χ3v) is 5.58. The topological polar surface area (TPSA) is 63.8 Å². The Morgan fingerprint density at radius 1 is 1.14 bits per heavy atom. The number of carbonyl (C=O) groups is 1. The second-order valence-corrected chi connectivity index (χ2v) is 7.80. The monoisotopic (exact) mass is 474 g/mol. The van der Waals surface area contributed by atoms with Crippen LogP contribution in [0.5, 0.6) is 0 Å². The molecule has 0 bridgehead atoms. The van der Waals surface area contributed by atoms with Gasteiger partial charge in [0.15, 0.2) is 0 Å². The largest absolute Gasteiger partial charge is 0.465 e. The second kappa shape index (κ2) is 12.7. The van der Waals surface area contributed by atoms with Crippen molar-refractivity contribution in [1.82, 2.24) is 0 Å². The summed E-state index contributed by atoms with van der Waals surface area (Å²) >= 11 is 0. The van der Waals surface area contributed by atoms with Crippen LogP contribution >= 0.6 is 0 Å². The molecule has 0 saturated heterocycles. The quantitative estimate of drug-likeness (QED) is 0.170. The summed E-state index contributed by atoms with van der Waals surface area (Å²) in [5.74, 6) is 0.271. The minimum absolute atomic E-state index is 0.401. The van der Waals surface area contributed by atoms with E-state index in [1.54, 1.807) is 6.08 Å². The van der Waals surface area contributed by atoms with Crippen LogP contribution in [-0.4, -0.2) is 26.2 Å². The van der Waals surface area contributed by atoms with Crippen molar-refractivity contribution in [2.75, 3.05) is 25.5 Å². The van der Waals surface area contributed by atoms with Crippen LogP contribution < -0.4 is 10.7 Å². The third-order valence-electron chi connectivity index (χ3n) is 5.58. The van der Waals surface area contributed by atoms with Crippen molar-refractivity contribution in [3.05, 3.63) is 76.7 Å². The van der Waals surface area contributed by atoms with Crippen molar-refractivity contribution in [3.63, 3.8) is 0 Å². The van der Waals surface area contributed by atoms with Crippen LogP contribution in [0.15, 0.2) is 64.1 Å². The highest BCUT2D eigenvalue weighted by Crippen LogP contribution is 2.41. The first kappa shape index (κ1) is 27.6. The van der Waals surface area contributed by atoms with E-state index < -0.39 is 5.97 Å². The Balaban J connectivity index is 0.00000210. The molecule has 0 fully saturated rings. The van der Waals surface area contributed by atoms with Gasteiger partial charge in [-0.2, -0.15) is 0 Å². The molecule has 1 aromatic rings. The molecule has 5 heteroatoms. The molecule has 1 aromatic carbocycles. The van der Waals surface area contributed by atoms with Gasteiger partial charge in [0.25, 0.3) is 0 Å². The number of esters is 1. The molecule has 0 aromatic heterocycles. The molecule has 1 N–H and O–H groups in total. The first-order chi connectivity index (χ1) is 16.9. The number of anilines is 1. The van der Waals surface area contributed by atoms with E-state index in [1.807, 2.05) is 58.9 Å². The minimum Gasteiger partial charge on any atom is -0.465 e. The van der Waals surface area contributed by atoms with Crippen LogP contribution in [0, 0.1) is 13.8 Å². The molecule has 5 nitrogen and oxygen atoms in total. The van der Waals surface area contributed by atoms with E-state index in [2.05, 4.69) is 42.9 Å². The highest BCUT2D eigenvalue weighted by Gasteiger charge is 2.23. The molecule has 3 rings (SSSR count). The Bertz CT molecular complexity index is 1310. The van der Waals surface area contributed by atoms with Gasteiger partial charge < -0.3 is 14.5 Å². The SMILES string of the molecule is C=C/C(C(=O)OC)=C(\C=C/C)c1c2cc(C)c(=NCC)cc-2oc2cc(NCC)c(C)cc12.CC. The number of aryl methyl sites for hydroxylation is 2. The van der Waals surface area contributed by atoms with Gasteiger partial charge in [0.05, 0.1) is 18.0 Å². The van der Waals surface area contributed by atoms with E-state index in [-0.39, 0.29) is 0 Å². The van der Waals surface area contributed by atoms with Crippen LogP contribution in [0.25, 0.3) is 27.9 Å². The van der Waals surface area contributed by atoms with Gasteiger partial charge in [-0.3, -0.25) is 4.99 Å². The summed E-state index contributed by atoms with van der Waals surface area (Å²) in [6.07, 6.45) is 5.39. The van der Waals surface area contributed by atoms with E-state index in [0.717, 1.165) is 56.4 Å². The van der Waals surface area contributed by atoms with Crippen molar-refractivity contribution < 1.29 is 13.9 Å². The molecule has 186 valence electrons. The number of rotatable bonds is 7. The summed E-state index contributed by atoms with van der Waals surface area (Å²) in [5, 5.41) is 5.21. The van der Waals surface area contributed by atoms with Crippen LogP contribution in [0.3, 0.4) is 0 Å². The predicted molar refractivity (Wildman–Crippen MR) is 148 cm³/mol. The van der Waals surface area contributed by atoms with Crippen LogP contribution in [0.1, 0.15) is 51.3 Å². The van der Waals surface area contributed by atoms with Crippen molar-refractivity contribution in [2.24, 2.45) is 4.99 Å². The van der Waals surface area contributed by atoms with E-state index in [4.69, 9.17) is 9.15 Å². The maximum Gasteiger partial charge on any atom is 0.338 e. The number of allylic oxidation sites excluding steroid dienone is 3. The molecule has 0 spiro atoms. The fourth-order valence-corrected chi connectivity index (χ4v) is 4.09. The normalized spacial score (nSPS) is 12.4. The molecule has 0 saturated carbocycles. The Labute approximate surface area is 209 Å². The van der Waals surface area contributed by atoms with Gasteiger partial charge >= 0.3 is 5.97 Å². The molecular weight excluding hydrogens is 436 g/mol. The summed E-state index contributed by atoms with van der Waals surface area (Å²) in [7, 11) is 1.38. The van der Waals surface area contributed by atoms with Crippen molar-refractivity contribution in [2.45, 2.75) is 48.5 Å². The van der Waals surface area contributed by atoms with Crippen LogP contribution in [-0.2, 0) is 9.53 Å². The lowest BCUT2D eigenvalue weighted by Crippen LogP contribution is -2.11. The van der Waals surface area contributed by atoms with Crippen LogP contribution in [0.2, 0.25) is 0 Å². The lowest BCUT2D eigenvalue weighted by Gasteiger charge is -2.20. The van der Waals surface area contributed by atoms with Gasteiger partial charge in [-0.15, -0.1) is 0 Å². The van der Waals surface area contributed by atoms with Crippen molar-refractivity contribution in [1.29, 1.82) is 0 Å². The minimum atomic E-state index is -0.435. The van der Waals surface area contributed by atoms with Gasteiger partial charge in [0, 0.05) is 47.4 Å². The molecule has 1 aliphatic heterocycles. The average Bonchev–Trinajstić information content (AvgIpc) is 2.85. The smallest absolute Gasteiger partial charge is 0.338 e. The zero-order chi connectivity index (χ0) is 26.1. The molecule has 2 aliphatic rings. The zero-order valence-electron chi connectivity index (χ0n) is 22.3. The standard InChI is InChI=1S/C28H32N2O3.C2H6/c1-8-12-20(19(9-2)28(31)32-7)27-21-13-17(5)23(29-10-3)15-25(21)33-26-16-24(30-11-4)18(6)14-22(26)27;1-2/h8-9,12-16,29H,2,10-11H2,1,3-7H3;1-2H3/b12-8-,20-19-,30-24?;. The summed E-state index contributed by atoms with van der Waals surface area (Å²) in [5.41, 5.74) is 6.81. The number of carbonyl (C=O) groups excluding carboxylic acids is 1. The number of ether oxygens (including phenoxy) is 1. The van der Waals surface area contributed by atoms with Gasteiger partial charge in [-0.25, -0.2) is 4.79 Å². The third kappa shape index (κ3) is 5.73. The highest BCUT2D eigenvalue weighted by molar-refractivity contribution is 6.10. The maximum atomic E-state index is 12.7. The number of nitrogens with zero attached hydrogens (tertiary/aromatic N) is 1. The van der Waals surface area contributed by atoms with Gasteiger partial charge in [-0.1, -0.05) is 38.7 Å². The highest BCUT2D eigenvalue weighted by atomic mass is 16.5. The van der Waals surface area contributed by atoms with Gasteiger partial charge in [-0.05, 0) is 63.5 Å². The summed E-state index contributed by atoms with van der Waals surface area (Å²) < 4.78 is 11.5. The van der Waals surface area contributed by atoms with Gasteiger partial charge in [0.1, 0.15) is 11.3 Å². The Hall–Kier alpha value is -3.60. The van der Waals surface area contributed by atoms with Crippen molar-refractivity contribution in [3.8, 4) is 11.3 Å². The predicted octanol–water partition coefficient (Wildman–Crippen LogP) is 7.22. The number of benzene rings is 2. The first-order valence-corrected chi connectivity index (χ1v) is 12.2. The first-order valence-electron chi connectivity index (χ1n) is 12.2. The van der Waals surface area contributed by atoms with E-state index in [9.17, 15) is 4.79 Å². The molecule has 0 radical (unpaired) electrons. The molecule has 0 atom stereocenters. The zero-order valence-corrected chi connectivity index (χ0v) is 22.3. The molecule has 0 unspecified atom stereocenters. The molecule has 1 heterocycles. The van der Waals surface area contributed by atoms with Gasteiger partial charge in [0.2, 0.25) is 0 Å². The summed E-state index contributed by atoms with van der Waals surface area (Å²) in [6, 6.07) is 8.18. The Kier molecular flexibility index (Phi) is 10.1. The Morgan fingerprint density at radius 2 is 1.86 bits per heavy atom. The fourth-order valence-electron chi connectivity index (χ4n) is 4.09. The maximum absolute atomic E-state index is 12.7. The molecule has 0 amide bonds. The lowest BCUT2D eigenvalue weighted by atomic mass is 9.88. The van der Waals surface area contributed by atoms with Crippen molar-refractivity contribution >= 4 is 28.2 Å². The molecule has 35 heavy (non-hydrogen) atoms. The number of hydrogen-bond acceptors (Lipinski definition) is 5. The van der Waals surface area contributed by atoms with E-state index in [0.29, 0.717) is 17.9 Å². The number of nitrogens with one attached hydrogen (secondary N) is 1. The van der Waals surface area contributed by atoms with Crippen LogP contribution in [0.4, 0.5) is 5.69 Å². The molecule has 1 aliphatic carbocycles. The van der Waals surface area contributed by atoms with E-state index in [1.165, 1.54) is 7.11 Å². The Morgan fingerprint density at radius 3 is 2.43 bits per heavy atom. The average molecular weight is 475 g/mol. The second-order valence-electron chi connectivity index (χ2n) is 7.80. The number of methoxy groups -OCH3 is 1. The summed E-state index contributed by atoms with van der Waals surface area (Å²) in [4.78, 5) is 17.3. The number of hydrogen-bond donors (Lipinski definition) is 1. The molecular formula is C30H38N2O3. The van der Waals surface area contributed by atoms with E-state index >= 15 is 0 Å². The fraction of sp³-hybridized carbons (Fsp3) is 0.333.